The van der Waals surface area contributed by atoms with Crippen molar-refractivity contribution < 1.29 is 9.34 Å². The predicted molar refractivity (Wildman–Crippen MR) is 70.6 cm³/mol. The van der Waals surface area contributed by atoms with Gasteiger partial charge in [-0.15, -0.1) is 0 Å². The summed E-state index contributed by atoms with van der Waals surface area (Å²) < 4.78 is 6.71. The Kier molecular flexibility index (Phi) is 2.53. The minimum Gasteiger partial charge on any atom is -0.258 e. The fraction of sp³-hybridized carbons (Fsp3) is 0. The van der Waals surface area contributed by atoms with Crippen molar-refractivity contribution in [2.24, 2.45) is 0 Å². The molecule has 0 bridgehead atoms. The average molecular weight is 258 g/mol. The Morgan fingerprint density at radius 3 is 2.72 bits per heavy atom. The second-order valence-corrected chi connectivity index (χ2v) is 4.76. The average Bonchev–Trinajstić information content (AvgIpc) is 2.82. The second kappa shape index (κ2) is 4.19. The number of nitro groups is 1. The quantitative estimate of drug-likeness (QED) is 0.390. The van der Waals surface area contributed by atoms with Gasteiger partial charge in [-0.25, -0.2) is 0 Å². The van der Waals surface area contributed by atoms with E-state index in [0.29, 0.717) is 5.07 Å². The second-order valence-electron chi connectivity index (χ2n) is 3.75. The third kappa shape index (κ3) is 1.84. The van der Waals surface area contributed by atoms with E-state index in [0.717, 1.165) is 15.8 Å². The molecular weight excluding hydrogens is 250 g/mol. The minimum atomic E-state index is -0.406. The van der Waals surface area contributed by atoms with Gasteiger partial charge in [0.15, 0.2) is 0 Å². The highest BCUT2D eigenvalue weighted by Gasteiger charge is 2.21. The van der Waals surface area contributed by atoms with Crippen LogP contribution in [0.25, 0.3) is 20.9 Å². The van der Waals surface area contributed by atoms with Gasteiger partial charge in [0.2, 0.25) is 0 Å². The number of hydrogen-bond acceptors (Lipinski definition) is 3. The lowest BCUT2D eigenvalue weighted by molar-refractivity contribution is -0.384. The van der Waals surface area contributed by atoms with E-state index in [1.807, 2.05) is 24.3 Å². The fourth-order valence-electron chi connectivity index (χ4n) is 1.70. The van der Waals surface area contributed by atoms with E-state index in [1.165, 1.54) is 23.5 Å². The highest BCUT2D eigenvalue weighted by Crippen LogP contribution is 2.34. The Morgan fingerprint density at radius 2 is 1.94 bits per heavy atom. The van der Waals surface area contributed by atoms with Crippen LogP contribution in [-0.4, -0.2) is 4.92 Å². The van der Waals surface area contributed by atoms with Crippen LogP contribution in [-0.2, 0) is 0 Å². The predicted octanol–water partition coefficient (Wildman–Crippen LogP) is 4.35. The molecule has 88 valence electrons. The van der Waals surface area contributed by atoms with Crippen molar-refractivity contribution in [2.45, 2.75) is 0 Å². The zero-order valence-electron chi connectivity index (χ0n) is 9.20. The fourth-order valence-corrected chi connectivity index (χ4v) is 2.64. The van der Waals surface area contributed by atoms with Gasteiger partial charge in [-0.1, -0.05) is 18.2 Å². The first kappa shape index (κ1) is 10.9. The molecule has 0 radical (unpaired) electrons. The Hall–Kier alpha value is -2.27. The molecule has 0 saturated heterocycles. The summed E-state index contributed by atoms with van der Waals surface area (Å²) in [5.41, 5.74) is 1.59. The summed E-state index contributed by atoms with van der Waals surface area (Å²) in [7, 11) is 0. The van der Waals surface area contributed by atoms with Gasteiger partial charge in [-0.3, -0.25) is 10.1 Å². The maximum atomic E-state index is 10.7. The normalized spacial score (nSPS) is 10.7. The van der Waals surface area contributed by atoms with E-state index in [-0.39, 0.29) is 5.69 Å². The van der Waals surface area contributed by atoms with E-state index in [2.05, 4.69) is 0 Å². The molecule has 3 rings (SSSR count). The van der Waals surface area contributed by atoms with Crippen LogP contribution >= 0.6 is 11.3 Å². The number of para-hydroxylation sites is 1. The lowest BCUT2D eigenvalue weighted by Gasteiger charge is -1.90. The number of nitrogens with zero attached hydrogens (tertiary/aromatic N) is 1. The Balaban J connectivity index is 2.13. The molecule has 3 aromatic rings. The van der Waals surface area contributed by atoms with E-state index >= 15 is 0 Å². The standard InChI is InChI=1S/C13H8NO3S/c15-14(16)10-5-3-4-9(8-10)13-17-11-6-1-2-7-12(11)18-13/h1-8H/q+1. The summed E-state index contributed by atoms with van der Waals surface area (Å²) in [6, 6.07) is 14.1. The van der Waals surface area contributed by atoms with Crippen molar-refractivity contribution in [2.75, 3.05) is 0 Å². The first-order valence-electron chi connectivity index (χ1n) is 5.30. The highest BCUT2D eigenvalue weighted by atomic mass is 32.1. The molecule has 0 spiro atoms. The Bertz CT molecular complexity index is 703. The van der Waals surface area contributed by atoms with Gasteiger partial charge in [-0.05, 0) is 23.5 Å². The topological polar surface area (TPSA) is 54.4 Å². The number of benzene rings is 2. The Labute approximate surface area is 106 Å². The van der Waals surface area contributed by atoms with Crippen molar-refractivity contribution in [1.82, 2.24) is 0 Å². The van der Waals surface area contributed by atoms with Crippen LogP contribution in [0.1, 0.15) is 0 Å². The summed E-state index contributed by atoms with van der Waals surface area (Å²) in [5, 5.41) is 11.4. The molecule has 0 aliphatic heterocycles. The largest absolute Gasteiger partial charge is 0.418 e. The molecule has 0 atom stereocenters. The summed E-state index contributed by atoms with van der Waals surface area (Å²) in [4.78, 5) is 10.3. The smallest absolute Gasteiger partial charge is 0.258 e. The van der Waals surface area contributed by atoms with Crippen molar-refractivity contribution in [3.8, 4) is 10.6 Å². The molecule has 0 N–H and O–H groups in total. The maximum absolute atomic E-state index is 10.7. The molecule has 5 heteroatoms. The Morgan fingerprint density at radius 1 is 1.11 bits per heavy atom. The van der Waals surface area contributed by atoms with Crippen molar-refractivity contribution >= 4 is 27.3 Å². The van der Waals surface area contributed by atoms with Gasteiger partial charge < -0.3 is 0 Å². The van der Waals surface area contributed by atoms with Crippen molar-refractivity contribution in [3.05, 3.63) is 58.6 Å². The molecule has 0 aliphatic carbocycles. The molecule has 18 heavy (non-hydrogen) atoms. The molecule has 0 unspecified atom stereocenters. The number of fused-ring (bicyclic) bond motifs is 1. The molecular formula is C13H8NO3S+. The molecule has 4 nitrogen and oxygen atoms in total. The first-order valence-corrected chi connectivity index (χ1v) is 6.12. The zero-order valence-corrected chi connectivity index (χ0v) is 10.0. The van der Waals surface area contributed by atoms with Crippen LogP contribution in [0.2, 0.25) is 0 Å². The molecule has 1 aromatic heterocycles. The summed E-state index contributed by atoms with van der Waals surface area (Å²) in [5.74, 6) is 0. The molecule has 0 fully saturated rings. The number of rotatable bonds is 2. The van der Waals surface area contributed by atoms with Crippen LogP contribution in [0.4, 0.5) is 5.69 Å². The maximum Gasteiger partial charge on any atom is 0.418 e. The van der Waals surface area contributed by atoms with E-state index < -0.39 is 4.92 Å². The number of nitro benzene ring substituents is 1. The van der Waals surface area contributed by atoms with Gasteiger partial charge >= 0.3 is 10.7 Å². The van der Waals surface area contributed by atoms with Crippen LogP contribution in [0.5, 0.6) is 0 Å². The third-order valence-corrected chi connectivity index (χ3v) is 3.61. The zero-order chi connectivity index (χ0) is 12.5. The van der Waals surface area contributed by atoms with Crippen molar-refractivity contribution in [3.63, 3.8) is 0 Å². The molecule has 1 heterocycles. The van der Waals surface area contributed by atoms with E-state index in [9.17, 15) is 10.1 Å². The molecule has 2 aromatic carbocycles. The van der Waals surface area contributed by atoms with Gasteiger partial charge in [-0.2, -0.15) is 4.42 Å². The van der Waals surface area contributed by atoms with Crippen LogP contribution in [0.3, 0.4) is 0 Å². The highest BCUT2D eigenvalue weighted by molar-refractivity contribution is 7.21. The SMILES string of the molecule is O=[N+]([O-])c1cccc(-c2[o+]c3ccccc3s2)c1. The van der Waals surface area contributed by atoms with Crippen LogP contribution in [0, 0.1) is 10.1 Å². The van der Waals surface area contributed by atoms with Crippen LogP contribution < -0.4 is 0 Å². The van der Waals surface area contributed by atoms with E-state index in [1.54, 1.807) is 12.1 Å². The molecule has 0 aliphatic rings. The summed E-state index contributed by atoms with van der Waals surface area (Å²) in [6.07, 6.45) is 0. The van der Waals surface area contributed by atoms with Gasteiger partial charge in [0.05, 0.1) is 10.5 Å². The van der Waals surface area contributed by atoms with Crippen molar-refractivity contribution in [1.29, 1.82) is 0 Å². The van der Waals surface area contributed by atoms with Gasteiger partial charge in [0.25, 0.3) is 5.69 Å². The number of hydrogen-bond donors (Lipinski definition) is 0. The number of non-ortho nitro benzene ring substituents is 1. The van der Waals surface area contributed by atoms with Crippen LogP contribution in [0.15, 0.2) is 52.9 Å². The molecule has 0 saturated carbocycles. The summed E-state index contributed by atoms with van der Waals surface area (Å²) in [6.45, 7) is 0. The van der Waals surface area contributed by atoms with E-state index in [4.69, 9.17) is 4.42 Å². The lowest BCUT2D eigenvalue weighted by Crippen LogP contribution is -1.87. The third-order valence-electron chi connectivity index (χ3n) is 2.55. The summed E-state index contributed by atoms with van der Waals surface area (Å²) >= 11 is 1.48. The minimum absolute atomic E-state index is 0.0696. The lowest BCUT2D eigenvalue weighted by atomic mass is 10.2. The molecule has 0 amide bonds. The monoisotopic (exact) mass is 258 g/mol. The van der Waals surface area contributed by atoms with Gasteiger partial charge in [0.1, 0.15) is 4.70 Å². The van der Waals surface area contributed by atoms with Gasteiger partial charge in [0, 0.05) is 18.2 Å². The first-order chi connectivity index (χ1) is 8.74.